The number of nitrogens with zero attached hydrogens (tertiary/aromatic N) is 2. The monoisotopic (exact) mass is 287 g/mol. The zero-order valence-electron chi connectivity index (χ0n) is 12.6. The van der Waals surface area contributed by atoms with E-state index in [4.69, 9.17) is 4.74 Å². The molecule has 3 heterocycles. The van der Waals surface area contributed by atoms with Gasteiger partial charge in [-0.1, -0.05) is 13.0 Å². The van der Waals surface area contributed by atoms with E-state index >= 15 is 0 Å². The summed E-state index contributed by atoms with van der Waals surface area (Å²) in [5.41, 5.74) is 3.42. The van der Waals surface area contributed by atoms with Crippen LogP contribution in [0.5, 0.6) is 0 Å². The van der Waals surface area contributed by atoms with Gasteiger partial charge in [0.25, 0.3) is 5.91 Å². The molecule has 0 bridgehead atoms. The van der Waals surface area contributed by atoms with Crippen LogP contribution >= 0.6 is 0 Å². The Kier molecular flexibility index (Phi) is 3.92. The van der Waals surface area contributed by atoms with Crippen molar-refractivity contribution in [1.82, 2.24) is 14.7 Å². The van der Waals surface area contributed by atoms with Crippen LogP contribution in [0.3, 0.4) is 0 Å². The molecule has 5 heteroatoms. The van der Waals surface area contributed by atoms with Crippen molar-refractivity contribution in [3.8, 4) is 0 Å². The van der Waals surface area contributed by atoms with E-state index in [0.717, 1.165) is 42.8 Å². The quantitative estimate of drug-likeness (QED) is 0.937. The van der Waals surface area contributed by atoms with Gasteiger partial charge in [-0.25, -0.2) is 4.98 Å². The molecule has 1 unspecified atom stereocenters. The Balaban J connectivity index is 1.87. The molecule has 1 amide bonds. The van der Waals surface area contributed by atoms with E-state index in [1.165, 1.54) is 0 Å². The van der Waals surface area contributed by atoms with Crippen molar-refractivity contribution >= 4 is 11.6 Å². The van der Waals surface area contributed by atoms with Crippen LogP contribution in [0, 0.1) is 6.92 Å². The maximum Gasteiger partial charge on any atom is 0.270 e. The second kappa shape index (κ2) is 5.85. The van der Waals surface area contributed by atoms with E-state index in [9.17, 15) is 4.79 Å². The summed E-state index contributed by atoms with van der Waals surface area (Å²) in [6.45, 7) is 5.40. The molecule has 112 valence electrons. The number of carbonyl (C=O) groups is 1. The summed E-state index contributed by atoms with van der Waals surface area (Å²) in [7, 11) is 0. The van der Waals surface area contributed by atoms with Crippen LogP contribution in [0.15, 0.2) is 18.3 Å². The molecule has 2 aromatic heterocycles. The predicted molar refractivity (Wildman–Crippen MR) is 80.6 cm³/mol. The van der Waals surface area contributed by atoms with Gasteiger partial charge >= 0.3 is 0 Å². The maximum absolute atomic E-state index is 12.5. The number of amides is 1. The van der Waals surface area contributed by atoms with Crippen LogP contribution < -0.4 is 5.32 Å². The van der Waals surface area contributed by atoms with Gasteiger partial charge in [0.05, 0.1) is 11.8 Å². The third-order valence-electron chi connectivity index (χ3n) is 3.98. The highest BCUT2D eigenvalue weighted by Gasteiger charge is 2.21. The van der Waals surface area contributed by atoms with E-state index in [1.807, 2.05) is 36.6 Å². The molecule has 1 aliphatic heterocycles. The van der Waals surface area contributed by atoms with Crippen LogP contribution in [0.4, 0.5) is 0 Å². The molecule has 0 spiro atoms. The number of carbonyl (C=O) groups excluding carboxylic acids is 1. The van der Waals surface area contributed by atoms with Gasteiger partial charge < -0.3 is 10.1 Å². The molecule has 1 aliphatic rings. The third-order valence-corrected chi connectivity index (χ3v) is 3.98. The summed E-state index contributed by atoms with van der Waals surface area (Å²) < 4.78 is 7.43. The maximum atomic E-state index is 12.5. The molecule has 2 aromatic rings. The van der Waals surface area contributed by atoms with Gasteiger partial charge in [-0.3, -0.25) is 9.20 Å². The molecule has 1 N–H and O–H groups in total. The number of hydrogen-bond donors (Lipinski definition) is 1. The highest BCUT2D eigenvalue weighted by atomic mass is 16.5. The Hall–Kier alpha value is -1.88. The van der Waals surface area contributed by atoms with Crippen molar-refractivity contribution in [2.45, 2.75) is 39.2 Å². The molecular weight excluding hydrogens is 266 g/mol. The van der Waals surface area contributed by atoms with Gasteiger partial charge in [-0.05, 0) is 37.8 Å². The number of nitrogens with one attached hydrogen (secondary N) is 1. The molecule has 3 rings (SSSR count). The average Bonchev–Trinajstić information content (AvgIpc) is 3.12. The Morgan fingerprint density at radius 2 is 2.43 bits per heavy atom. The second-order valence-corrected chi connectivity index (χ2v) is 5.49. The van der Waals surface area contributed by atoms with Crippen LogP contribution in [0.25, 0.3) is 5.65 Å². The van der Waals surface area contributed by atoms with Gasteiger partial charge in [-0.15, -0.1) is 0 Å². The number of aryl methyl sites for hydroxylation is 2. The van der Waals surface area contributed by atoms with Crippen molar-refractivity contribution < 1.29 is 9.53 Å². The van der Waals surface area contributed by atoms with Crippen LogP contribution in [0.1, 0.15) is 41.5 Å². The number of pyridine rings is 1. The first-order valence-corrected chi connectivity index (χ1v) is 7.57. The summed E-state index contributed by atoms with van der Waals surface area (Å²) >= 11 is 0. The number of fused-ring (bicyclic) bond motifs is 1. The first-order chi connectivity index (χ1) is 10.2. The fourth-order valence-corrected chi connectivity index (χ4v) is 2.83. The second-order valence-electron chi connectivity index (χ2n) is 5.49. The molecule has 1 atom stereocenters. The summed E-state index contributed by atoms with van der Waals surface area (Å²) in [5, 5.41) is 2.99. The standard InChI is InChI=1S/C16H21N3O2/c1-3-13-14(16(20)17-10-12-7-5-9-21-12)19-8-4-6-11(2)15(19)18-13/h4,6,8,12H,3,5,7,9-10H2,1-2H3,(H,17,20). The van der Waals surface area contributed by atoms with Crippen molar-refractivity contribution in [2.24, 2.45) is 0 Å². The van der Waals surface area contributed by atoms with Gasteiger partial charge in [0, 0.05) is 19.3 Å². The molecule has 0 aliphatic carbocycles. The van der Waals surface area contributed by atoms with E-state index in [0.29, 0.717) is 12.2 Å². The predicted octanol–water partition coefficient (Wildman–Crippen LogP) is 2.11. The van der Waals surface area contributed by atoms with Crippen LogP contribution in [0.2, 0.25) is 0 Å². The number of ether oxygens (including phenoxy) is 1. The minimum absolute atomic E-state index is 0.0690. The molecule has 1 saturated heterocycles. The zero-order chi connectivity index (χ0) is 14.8. The van der Waals surface area contributed by atoms with Gasteiger partial charge in [0.15, 0.2) is 0 Å². The smallest absolute Gasteiger partial charge is 0.270 e. The topological polar surface area (TPSA) is 55.6 Å². The summed E-state index contributed by atoms with van der Waals surface area (Å²) in [5.74, 6) is -0.0690. The van der Waals surface area contributed by atoms with Crippen molar-refractivity contribution in [3.63, 3.8) is 0 Å². The Morgan fingerprint density at radius 1 is 1.57 bits per heavy atom. The number of hydrogen-bond acceptors (Lipinski definition) is 3. The number of imidazole rings is 1. The molecule has 0 radical (unpaired) electrons. The highest BCUT2D eigenvalue weighted by Crippen LogP contribution is 2.17. The Bertz CT molecular complexity index is 657. The lowest BCUT2D eigenvalue weighted by Crippen LogP contribution is -2.33. The van der Waals surface area contributed by atoms with E-state index < -0.39 is 0 Å². The number of rotatable bonds is 4. The van der Waals surface area contributed by atoms with Crippen LogP contribution in [-0.2, 0) is 11.2 Å². The fourth-order valence-electron chi connectivity index (χ4n) is 2.83. The Morgan fingerprint density at radius 3 is 3.14 bits per heavy atom. The minimum atomic E-state index is -0.0690. The van der Waals surface area contributed by atoms with Gasteiger partial charge in [-0.2, -0.15) is 0 Å². The van der Waals surface area contributed by atoms with E-state index in [-0.39, 0.29) is 12.0 Å². The van der Waals surface area contributed by atoms with Gasteiger partial charge in [0.1, 0.15) is 11.3 Å². The summed E-state index contributed by atoms with van der Waals surface area (Å²) in [4.78, 5) is 17.1. The Labute approximate surface area is 124 Å². The van der Waals surface area contributed by atoms with Gasteiger partial charge in [0.2, 0.25) is 0 Å². The lowest BCUT2D eigenvalue weighted by atomic mass is 10.2. The summed E-state index contributed by atoms with van der Waals surface area (Å²) in [6.07, 6.45) is 4.89. The average molecular weight is 287 g/mol. The molecule has 1 fully saturated rings. The third kappa shape index (κ3) is 2.65. The highest BCUT2D eigenvalue weighted by molar-refractivity contribution is 5.94. The zero-order valence-corrected chi connectivity index (χ0v) is 12.6. The SMILES string of the molecule is CCc1nc2c(C)cccn2c1C(=O)NCC1CCCO1. The largest absolute Gasteiger partial charge is 0.376 e. The molecule has 5 nitrogen and oxygen atoms in total. The van der Waals surface area contributed by atoms with Crippen molar-refractivity contribution in [2.75, 3.05) is 13.2 Å². The molecule has 0 saturated carbocycles. The fraction of sp³-hybridized carbons (Fsp3) is 0.500. The molecule has 0 aromatic carbocycles. The first-order valence-electron chi connectivity index (χ1n) is 7.57. The normalized spacial score (nSPS) is 18.3. The first kappa shape index (κ1) is 14.1. The molecule has 21 heavy (non-hydrogen) atoms. The lowest BCUT2D eigenvalue weighted by molar-refractivity contribution is 0.0852. The van der Waals surface area contributed by atoms with Crippen molar-refractivity contribution in [1.29, 1.82) is 0 Å². The number of aromatic nitrogens is 2. The van der Waals surface area contributed by atoms with E-state index in [2.05, 4.69) is 10.3 Å². The summed E-state index contributed by atoms with van der Waals surface area (Å²) in [6, 6.07) is 3.95. The van der Waals surface area contributed by atoms with Crippen LogP contribution in [-0.4, -0.2) is 34.5 Å². The minimum Gasteiger partial charge on any atom is -0.376 e. The molecular formula is C16H21N3O2. The lowest BCUT2D eigenvalue weighted by Gasteiger charge is -2.11. The van der Waals surface area contributed by atoms with Crippen molar-refractivity contribution in [3.05, 3.63) is 35.3 Å². The van der Waals surface area contributed by atoms with E-state index in [1.54, 1.807) is 0 Å².